The first-order valence-electron chi connectivity index (χ1n) is 7.36. The number of rotatable bonds is 4. The minimum atomic E-state index is -4.47. The Bertz CT molecular complexity index is 691. The minimum Gasteiger partial charge on any atom is -0.352 e. The van der Waals surface area contributed by atoms with Gasteiger partial charge in [-0.1, -0.05) is 30.3 Å². The van der Waals surface area contributed by atoms with Crippen LogP contribution in [-0.2, 0) is 26.3 Å². The zero-order valence-electron chi connectivity index (χ0n) is 13.8. The van der Waals surface area contributed by atoms with Crippen molar-refractivity contribution in [2.45, 2.75) is 19.3 Å². The van der Waals surface area contributed by atoms with E-state index in [0.29, 0.717) is 12.5 Å². The van der Waals surface area contributed by atoms with Gasteiger partial charge in [-0.2, -0.15) is 18.3 Å². The fourth-order valence-electron chi connectivity index (χ4n) is 2.40. The SMILES string of the molecule is CN=C(NCc1cn(C)nc1C(F)(F)F)N(C)Cc1ccccc1. The van der Waals surface area contributed by atoms with E-state index in [1.165, 1.54) is 13.2 Å². The third-order valence-electron chi connectivity index (χ3n) is 3.45. The van der Waals surface area contributed by atoms with Crippen LogP contribution in [0.5, 0.6) is 0 Å². The highest BCUT2D eigenvalue weighted by molar-refractivity contribution is 5.79. The molecule has 0 spiro atoms. The summed E-state index contributed by atoms with van der Waals surface area (Å²) in [7, 11) is 4.89. The molecule has 1 heterocycles. The second-order valence-electron chi connectivity index (χ2n) is 5.42. The Balaban J connectivity index is 2.04. The van der Waals surface area contributed by atoms with Gasteiger partial charge in [0.15, 0.2) is 11.7 Å². The minimum absolute atomic E-state index is 0.00547. The molecule has 0 bridgehead atoms. The standard InChI is InChI=1S/C16H20F3N5/c1-20-15(23(2)10-12-7-5-4-6-8-12)21-9-13-11-24(3)22-14(13)16(17,18)19/h4-8,11H,9-10H2,1-3H3,(H,20,21). The fourth-order valence-corrected chi connectivity index (χ4v) is 2.40. The molecule has 0 amide bonds. The number of nitrogens with one attached hydrogen (secondary N) is 1. The summed E-state index contributed by atoms with van der Waals surface area (Å²) >= 11 is 0. The molecule has 5 nitrogen and oxygen atoms in total. The molecule has 0 unspecified atom stereocenters. The maximum atomic E-state index is 13.0. The van der Waals surface area contributed by atoms with E-state index in [-0.39, 0.29) is 12.1 Å². The predicted molar refractivity (Wildman–Crippen MR) is 86.3 cm³/mol. The zero-order chi connectivity index (χ0) is 17.7. The number of hydrogen-bond acceptors (Lipinski definition) is 2. The van der Waals surface area contributed by atoms with Gasteiger partial charge in [0, 0.05) is 46.0 Å². The maximum Gasteiger partial charge on any atom is 0.435 e. The Kier molecular flexibility index (Phi) is 5.48. The Labute approximate surface area is 138 Å². The lowest BCUT2D eigenvalue weighted by atomic mass is 10.2. The summed E-state index contributed by atoms with van der Waals surface area (Å²) in [5.41, 5.74) is 0.290. The summed E-state index contributed by atoms with van der Waals surface area (Å²) in [5.74, 6) is 0.510. The highest BCUT2D eigenvalue weighted by Crippen LogP contribution is 2.30. The molecule has 0 aliphatic carbocycles. The van der Waals surface area contributed by atoms with E-state index in [0.717, 1.165) is 10.2 Å². The molecule has 1 aromatic heterocycles. The van der Waals surface area contributed by atoms with Crippen molar-refractivity contribution in [1.29, 1.82) is 0 Å². The summed E-state index contributed by atoms with van der Waals surface area (Å²) in [5, 5.41) is 6.45. The van der Waals surface area contributed by atoms with Gasteiger partial charge in [0.05, 0.1) is 0 Å². The van der Waals surface area contributed by atoms with E-state index in [1.807, 2.05) is 42.3 Å². The van der Waals surface area contributed by atoms with Gasteiger partial charge in [0.25, 0.3) is 0 Å². The number of aromatic nitrogens is 2. The first kappa shape index (κ1) is 17.8. The lowest BCUT2D eigenvalue weighted by molar-refractivity contribution is -0.142. The van der Waals surface area contributed by atoms with Crippen molar-refractivity contribution in [2.24, 2.45) is 12.0 Å². The summed E-state index contributed by atoms with van der Waals surface area (Å²) in [6.45, 7) is 0.591. The van der Waals surface area contributed by atoms with Crippen LogP contribution in [0.2, 0.25) is 0 Å². The average molecular weight is 339 g/mol. The number of aryl methyl sites for hydroxylation is 1. The van der Waals surface area contributed by atoms with Crippen LogP contribution in [0.15, 0.2) is 41.5 Å². The van der Waals surface area contributed by atoms with E-state index in [4.69, 9.17) is 0 Å². The molecular formula is C16H20F3N5. The van der Waals surface area contributed by atoms with Crippen molar-refractivity contribution >= 4 is 5.96 Å². The van der Waals surface area contributed by atoms with Crippen LogP contribution in [0.25, 0.3) is 0 Å². The first-order valence-corrected chi connectivity index (χ1v) is 7.36. The summed E-state index contributed by atoms with van der Waals surface area (Å²) in [6.07, 6.45) is -3.11. The van der Waals surface area contributed by atoms with Crippen molar-refractivity contribution < 1.29 is 13.2 Å². The molecule has 0 aliphatic heterocycles. The van der Waals surface area contributed by atoms with Gasteiger partial charge in [0.1, 0.15) is 0 Å². The molecule has 24 heavy (non-hydrogen) atoms. The predicted octanol–water partition coefficient (Wildman–Crippen LogP) is 2.65. The highest BCUT2D eigenvalue weighted by Gasteiger charge is 2.36. The van der Waals surface area contributed by atoms with Gasteiger partial charge in [-0.3, -0.25) is 9.67 Å². The van der Waals surface area contributed by atoms with Crippen molar-refractivity contribution in [3.8, 4) is 0 Å². The molecule has 1 aromatic carbocycles. The van der Waals surface area contributed by atoms with Gasteiger partial charge >= 0.3 is 6.18 Å². The largest absolute Gasteiger partial charge is 0.435 e. The molecule has 0 saturated carbocycles. The molecule has 2 aromatic rings. The monoisotopic (exact) mass is 339 g/mol. The smallest absolute Gasteiger partial charge is 0.352 e. The number of alkyl halides is 3. The number of aliphatic imine (C=N–C) groups is 1. The van der Waals surface area contributed by atoms with Crippen LogP contribution < -0.4 is 5.32 Å². The van der Waals surface area contributed by atoms with E-state index in [1.54, 1.807) is 7.05 Å². The molecule has 130 valence electrons. The number of halogens is 3. The second-order valence-corrected chi connectivity index (χ2v) is 5.42. The third kappa shape index (κ3) is 4.50. The Morgan fingerprint density at radius 2 is 1.96 bits per heavy atom. The van der Waals surface area contributed by atoms with Gasteiger partial charge in [-0.15, -0.1) is 0 Å². The lowest BCUT2D eigenvalue weighted by Crippen LogP contribution is -2.38. The van der Waals surface area contributed by atoms with Crippen molar-refractivity contribution in [1.82, 2.24) is 20.0 Å². The summed E-state index contributed by atoms with van der Waals surface area (Å²) < 4.78 is 40.1. The van der Waals surface area contributed by atoms with E-state index in [9.17, 15) is 13.2 Å². The molecule has 8 heteroatoms. The number of guanidine groups is 1. The molecule has 0 aliphatic rings. The van der Waals surface area contributed by atoms with Crippen LogP contribution in [0.3, 0.4) is 0 Å². The normalized spacial score (nSPS) is 12.3. The van der Waals surface area contributed by atoms with Gasteiger partial charge in [-0.05, 0) is 5.56 Å². The van der Waals surface area contributed by atoms with Gasteiger partial charge < -0.3 is 10.2 Å². The number of benzene rings is 1. The number of hydrogen-bond donors (Lipinski definition) is 1. The van der Waals surface area contributed by atoms with Crippen LogP contribution in [0, 0.1) is 0 Å². The molecule has 0 atom stereocenters. The molecule has 0 saturated heterocycles. The fraction of sp³-hybridized carbons (Fsp3) is 0.375. The van der Waals surface area contributed by atoms with Crippen LogP contribution in [0.4, 0.5) is 13.2 Å². The first-order chi connectivity index (χ1) is 11.3. The molecular weight excluding hydrogens is 319 g/mol. The van der Waals surface area contributed by atoms with Gasteiger partial charge in [-0.25, -0.2) is 0 Å². The summed E-state index contributed by atoms with van der Waals surface area (Å²) in [4.78, 5) is 5.97. The molecule has 0 radical (unpaired) electrons. The van der Waals surface area contributed by atoms with Gasteiger partial charge in [0.2, 0.25) is 0 Å². The third-order valence-corrected chi connectivity index (χ3v) is 3.45. The lowest BCUT2D eigenvalue weighted by Gasteiger charge is -2.22. The van der Waals surface area contributed by atoms with Crippen molar-refractivity contribution in [3.63, 3.8) is 0 Å². The second kappa shape index (κ2) is 7.37. The zero-order valence-corrected chi connectivity index (χ0v) is 13.8. The molecule has 2 rings (SSSR count). The molecule has 0 fully saturated rings. The van der Waals surface area contributed by atoms with Crippen molar-refractivity contribution in [3.05, 3.63) is 53.3 Å². The quantitative estimate of drug-likeness (QED) is 0.688. The number of nitrogens with zero attached hydrogens (tertiary/aromatic N) is 4. The van der Waals surface area contributed by atoms with E-state index >= 15 is 0 Å². The Hall–Kier alpha value is -2.51. The van der Waals surface area contributed by atoms with Crippen LogP contribution in [-0.4, -0.2) is 34.7 Å². The topological polar surface area (TPSA) is 45.5 Å². The van der Waals surface area contributed by atoms with E-state index < -0.39 is 11.9 Å². The van der Waals surface area contributed by atoms with E-state index in [2.05, 4.69) is 15.4 Å². The Morgan fingerprint density at radius 1 is 1.29 bits per heavy atom. The van der Waals surface area contributed by atoms with Crippen LogP contribution >= 0.6 is 0 Å². The average Bonchev–Trinajstić information content (AvgIpc) is 2.90. The van der Waals surface area contributed by atoms with Crippen LogP contribution in [0.1, 0.15) is 16.8 Å². The maximum absolute atomic E-state index is 13.0. The Morgan fingerprint density at radius 3 is 2.54 bits per heavy atom. The highest BCUT2D eigenvalue weighted by atomic mass is 19.4. The molecule has 1 N–H and O–H groups in total. The van der Waals surface area contributed by atoms with Crippen molar-refractivity contribution in [2.75, 3.05) is 14.1 Å². The summed E-state index contributed by atoms with van der Waals surface area (Å²) in [6, 6.07) is 9.76.